The Hall–Kier alpha value is -2.70. The van der Waals surface area contributed by atoms with Gasteiger partial charge in [0.15, 0.2) is 0 Å². The smallest absolute Gasteiger partial charge is 0.411 e. The predicted octanol–water partition coefficient (Wildman–Crippen LogP) is 7.33. The zero-order chi connectivity index (χ0) is 25.6. The first-order valence-electron chi connectivity index (χ1n) is 12.5. The van der Waals surface area contributed by atoms with Crippen molar-refractivity contribution in [2.45, 2.75) is 96.4 Å². The van der Waals surface area contributed by atoms with E-state index in [0.29, 0.717) is 36.1 Å². The maximum absolute atomic E-state index is 14.0. The van der Waals surface area contributed by atoms with E-state index >= 15 is 0 Å². The minimum absolute atomic E-state index is 0.0776. The highest BCUT2D eigenvalue weighted by atomic mass is 19.4. The maximum atomic E-state index is 14.0. The minimum atomic E-state index is -4.57. The van der Waals surface area contributed by atoms with Gasteiger partial charge in [-0.15, -0.1) is 0 Å². The lowest BCUT2D eigenvalue weighted by molar-refractivity contribution is -0.191. The number of phenols is 1. The van der Waals surface area contributed by atoms with Gasteiger partial charge in [-0.05, 0) is 63.6 Å². The normalized spacial score (nSPS) is 17.9. The van der Waals surface area contributed by atoms with Crippen LogP contribution in [-0.4, -0.2) is 22.7 Å². The number of aryl methyl sites for hydroxylation is 2. The van der Waals surface area contributed by atoms with Gasteiger partial charge in [0.1, 0.15) is 22.6 Å². The maximum Gasteiger partial charge on any atom is 0.411 e. The Bertz CT molecular complexity index is 1130. The van der Waals surface area contributed by atoms with Gasteiger partial charge in [-0.25, -0.2) is 0 Å². The molecule has 2 N–H and O–H groups in total. The zero-order valence-electron chi connectivity index (χ0n) is 20.9. The molecule has 35 heavy (non-hydrogen) atoms. The summed E-state index contributed by atoms with van der Waals surface area (Å²) in [7, 11) is 0. The van der Waals surface area contributed by atoms with Crippen molar-refractivity contribution in [2.75, 3.05) is 0 Å². The first kappa shape index (κ1) is 25.4. The molecular weight excluding hydrogens is 455 g/mol. The Morgan fingerprint density at radius 2 is 1.83 bits per heavy atom. The lowest BCUT2D eigenvalue weighted by Gasteiger charge is -2.37. The number of carbonyl (C=O) groups excluding carboxylic acids is 1. The molecule has 2 aromatic rings. The molecule has 2 aromatic carbocycles. The first-order chi connectivity index (χ1) is 16.4. The van der Waals surface area contributed by atoms with E-state index in [0.717, 1.165) is 36.0 Å². The Kier molecular flexibility index (Phi) is 6.58. The van der Waals surface area contributed by atoms with Crippen LogP contribution in [0.2, 0.25) is 0 Å². The molecule has 1 heterocycles. The Labute approximate surface area is 204 Å². The number of alkyl halides is 3. The van der Waals surface area contributed by atoms with E-state index in [2.05, 4.69) is 12.2 Å². The number of nitrogens with one attached hydrogen (secondary N) is 1. The molecule has 2 aliphatic rings. The summed E-state index contributed by atoms with van der Waals surface area (Å²) < 4.78 is 48.4. The Morgan fingerprint density at radius 3 is 2.46 bits per heavy atom. The number of halogens is 3. The molecule has 190 valence electrons. The standard InChI is InChI=1S/C28H34F3NO3/c1-5-6-7-10-18-16-21-23(19-15-17(2)11-12-20(19)26(3,4)35-21)24(33)22(18)25(34)32-27(28(29,30)31)13-8-9-14-27/h11-12,15-16,33H,5-10,13-14H2,1-4H3,(H,32,34). The van der Waals surface area contributed by atoms with Gasteiger partial charge in [-0.3, -0.25) is 4.79 Å². The molecule has 4 rings (SSSR count). The van der Waals surface area contributed by atoms with Gasteiger partial charge in [0.25, 0.3) is 5.91 Å². The molecule has 0 unspecified atom stereocenters. The molecule has 0 bridgehead atoms. The van der Waals surface area contributed by atoms with Crippen molar-refractivity contribution in [1.29, 1.82) is 0 Å². The Balaban J connectivity index is 1.87. The Morgan fingerprint density at radius 1 is 1.14 bits per heavy atom. The number of hydrogen-bond donors (Lipinski definition) is 2. The van der Waals surface area contributed by atoms with Crippen LogP contribution in [0.4, 0.5) is 13.2 Å². The number of fused-ring (bicyclic) bond motifs is 3. The number of amides is 1. The third-order valence-corrected chi connectivity index (χ3v) is 7.43. The molecule has 1 fully saturated rings. The van der Waals surface area contributed by atoms with Crippen LogP contribution in [-0.2, 0) is 12.0 Å². The molecule has 0 spiro atoms. The number of hydrogen-bond acceptors (Lipinski definition) is 3. The van der Waals surface area contributed by atoms with Gasteiger partial charge < -0.3 is 15.2 Å². The van der Waals surface area contributed by atoms with Crippen molar-refractivity contribution in [3.05, 3.63) is 46.5 Å². The SMILES string of the molecule is CCCCCc1cc2c(c(O)c1C(=O)NC1(C(F)(F)F)CCCC1)-c1cc(C)ccc1C(C)(C)O2. The fraction of sp³-hybridized carbons (Fsp3) is 0.536. The molecule has 0 aromatic heterocycles. The van der Waals surface area contributed by atoms with Crippen LogP contribution in [0.5, 0.6) is 11.5 Å². The largest absolute Gasteiger partial charge is 0.506 e. The van der Waals surface area contributed by atoms with E-state index in [4.69, 9.17) is 4.74 Å². The fourth-order valence-corrected chi connectivity index (χ4v) is 5.51. The number of phenolic OH excluding ortho intramolecular Hbond substituents is 1. The van der Waals surface area contributed by atoms with Crippen LogP contribution in [0.1, 0.15) is 92.8 Å². The van der Waals surface area contributed by atoms with Crippen molar-refractivity contribution in [3.8, 4) is 22.6 Å². The van der Waals surface area contributed by atoms with Crippen LogP contribution < -0.4 is 10.1 Å². The van der Waals surface area contributed by atoms with E-state index in [9.17, 15) is 23.1 Å². The van der Waals surface area contributed by atoms with Crippen LogP contribution in [0.15, 0.2) is 24.3 Å². The molecule has 0 radical (unpaired) electrons. The number of aromatic hydroxyl groups is 1. The van der Waals surface area contributed by atoms with Gasteiger partial charge in [-0.2, -0.15) is 13.2 Å². The van der Waals surface area contributed by atoms with E-state index in [1.807, 2.05) is 39.0 Å². The summed E-state index contributed by atoms with van der Waals surface area (Å²) in [5, 5.41) is 13.8. The van der Waals surface area contributed by atoms with Gasteiger partial charge in [0.05, 0.1) is 11.1 Å². The second-order valence-electron chi connectivity index (χ2n) is 10.5. The predicted molar refractivity (Wildman–Crippen MR) is 130 cm³/mol. The van der Waals surface area contributed by atoms with E-state index in [-0.39, 0.29) is 24.2 Å². The van der Waals surface area contributed by atoms with Gasteiger partial charge in [-0.1, -0.05) is 56.4 Å². The third kappa shape index (κ3) is 4.50. The highest BCUT2D eigenvalue weighted by Gasteiger charge is 2.57. The summed E-state index contributed by atoms with van der Waals surface area (Å²) in [6.07, 6.45) is -1.02. The molecule has 1 amide bonds. The molecule has 7 heteroatoms. The number of carbonyl (C=O) groups is 1. The van der Waals surface area contributed by atoms with Crippen LogP contribution in [0, 0.1) is 6.92 Å². The summed E-state index contributed by atoms with van der Waals surface area (Å²) in [6.45, 7) is 7.85. The van der Waals surface area contributed by atoms with Crippen molar-refractivity contribution in [1.82, 2.24) is 5.32 Å². The number of rotatable bonds is 6. The second-order valence-corrected chi connectivity index (χ2v) is 10.5. The molecule has 4 nitrogen and oxygen atoms in total. The average molecular weight is 490 g/mol. The van der Waals surface area contributed by atoms with E-state index in [1.165, 1.54) is 0 Å². The summed E-state index contributed by atoms with van der Waals surface area (Å²) in [4.78, 5) is 13.5. The molecular formula is C28H34F3NO3. The lowest BCUT2D eigenvalue weighted by atomic mass is 9.82. The van der Waals surface area contributed by atoms with Crippen molar-refractivity contribution < 1.29 is 27.8 Å². The van der Waals surface area contributed by atoms with E-state index in [1.54, 1.807) is 6.07 Å². The summed E-state index contributed by atoms with van der Waals surface area (Å²) in [6, 6.07) is 7.54. The van der Waals surface area contributed by atoms with Crippen LogP contribution >= 0.6 is 0 Å². The minimum Gasteiger partial charge on any atom is -0.506 e. The van der Waals surface area contributed by atoms with Crippen molar-refractivity contribution in [3.63, 3.8) is 0 Å². The molecule has 0 saturated heterocycles. The number of benzene rings is 2. The molecule has 1 aliphatic carbocycles. The van der Waals surface area contributed by atoms with Gasteiger partial charge in [0, 0.05) is 5.56 Å². The highest BCUT2D eigenvalue weighted by molar-refractivity contribution is 6.02. The number of unbranched alkanes of at least 4 members (excludes halogenated alkanes) is 2. The molecule has 1 aliphatic heterocycles. The molecule has 0 atom stereocenters. The topological polar surface area (TPSA) is 58.6 Å². The van der Waals surface area contributed by atoms with E-state index < -0.39 is 23.2 Å². The zero-order valence-corrected chi connectivity index (χ0v) is 20.9. The van der Waals surface area contributed by atoms with Gasteiger partial charge in [0.2, 0.25) is 0 Å². The fourth-order valence-electron chi connectivity index (χ4n) is 5.51. The second kappa shape index (κ2) is 9.07. The number of ether oxygens (including phenoxy) is 1. The summed E-state index contributed by atoms with van der Waals surface area (Å²) in [5.41, 5.74) is 0.400. The quantitative estimate of drug-likeness (QED) is 0.418. The lowest BCUT2D eigenvalue weighted by Crippen LogP contribution is -2.57. The summed E-state index contributed by atoms with van der Waals surface area (Å²) in [5.74, 6) is -0.751. The van der Waals surface area contributed by atoms with Crippen molar-refractivity contribution >= 4 is 5.91 Å². The van der Waals surface area contributed by atoms with Gasteiger partial charge >= 0.3 is 6.18 Å². The van der Waals surface area contributed by atoms with Crippen LogP contribution in [0.3, 0.4) is 0 Å². The van der Waals surface area contributed by atoms with Crippen molar-refractivity contribution in [2.24, 2.45) is 0 Å². The monoisotopic (exact) mass is 489 g/mol. The molecule has 1 saturated carbocycles. The highest BCUT2D eigenvalue weighted by Crippen LogP contribution is 2.52. The average Bonchev–Trinajstić information content (AvgIpc) is 3.22. The van der Waals surface area contributed by atoms with Crippen LogP contribution in [0.25, 0.3) is 11.1 Å². The summed E-state index contributed by atoms with van der Waals surface area (Å²) >= 11 is 0. The first-order valence-corrected chi connectivity index (χ1v) is 12.5. The third-order valence-electron chi connectivity index (χ3n) is 7.43.